The van der Waals surface area contributed by atoms with Crippen molar-refractivity contribution in [2.75, 3.05) is 0 Å². The Morgan fingerprint density at radius 1 is 0.500 bits per heavy atom. The first-order valence-electron chi connectivity index (χ1n) is 8.10. The molecule has 0 amide bonds. The van der Waals surface area contributed by atoms with E-state index >= 15 is 0 Å². The molecule has 1 aliphatic heterocycles. The summed E-state index contributed by atoms with van der Waals surface area (Å²) in [5.74, 6) is 0. The highest BCUT2D eigenvalue weighted by molar-refractivity contribution is 5.52. The van der Waals surface area contributed by atoms with Gasteiger partial charge in [-0.25, -0.2) is 10.9 Å². The highest BCUT2D eigenvalue weighted by Crippen LogP contribution is 2.41. The van der Waals surface area contributed by atoms with Gasteiger partial charge in [-0.2, -0.15) is 11.1 Å². The van der Waals surface area contributed by atoms with E-state index in [4.69, 9.17) is 0 Å². The fourth-order valence-corrected chi connectivity index (χ4v) is 3.57. The van der Waals surface area contributed by atoms with Crippen molar-refractivity contribution < 1.29 is 0 Å². The maximum absolute atomic E-state index is 3.32. The van der Waals surface area contributed by atoms with Crippen molar-refractivity contribution >= 4 is 0 Å². The molecule has 0 spiro atoms. The van der Waals surface area contributed by atoms with Crippen LogP contribution in [0.1, 0.15) is 16.7 Å². The molecule has 1 aliphatic rings. The average Bonchev–Trinajstić information content (AvgIpc) is 3.20. The molecular weight excluding hydrogens is 296 g/mol. The Bertz CT molecular complexity index is 672. The Morgan fingerprint density at radius 3 is 1.17 bits per heavy atom. The summed E-state index contributed by atoms with van der Waals surface area (Å²) in [4.78, 5) is 0. The summed E-state index contributed by atoms with van der Waals surface area (Å²) in [7, 11) is 0. The van der Waals surface area contributed by atoms with Crippen molar-refractivity contribution in [2.45, 2.75) is 11.6 Å². The van der Waals surface area contributed by atoms with Crippen LogP contribution in [0.2, 0.25) is 0 Å². The quantitative estimate of drug-likeness (QED) is 0.559. The lowest BCUT2D eigenvalue weighted by Gasteiger charge is -2.40. The monoisotopic (exact) mass is 316 g/mol. The highest BCUT2D eigenvalue weighted by Gasteiger charge is 2.45. The summed E-state index contributed by atoms with van der Waals surface area (Å²) in [6.45, 7) is 0. The maximum Gasteiger partial charge on any atom is 0.104 e. The molecule has 1 saturated heterocycles. The first kappa shape index (κ1) is 15.1. The molecule has 0 aliphatic carbocycles. The summed E-state index contributed by atoms with van der Waals surface area (Å²) in [6.07, 6.45) is -0.0651. The Balaban J connectivity index is 2.03. The summed E-state index contributed by atoms with van der Waals surface area (Å²) in [5.41, 5.74) is 15.9. The van der Waals surface area contributed by atoms with Crippen molar-refractivity contribution in [1.82, 2.24) is 21.9 Å². The van der Waals surface area contributed by atoms with E-state index < -0.39 is 0 Å². The number of nitrogens with one attached hydrogen (secondary N) is 4. The SMILES string of the molecule is c1ccc(C(c2ccccc2)(c2ccccc2)C2NNNN2)cc1. The minimum Gasteiger partial charge on any atom is -0.223 e. The van der Waals surface area contributed by atoms with Gasteiger partial charge in [0.2, 0.25) is 0 Å². The van der Waals surface area contributed by atoms with Gasteiger partial charge in [0.1, 0.15) is 6.17 Å². The van der Waals surface area contributed by atoms with Gasteiger partial charge >= 0.3 is 0 Å². The topological polar surface area (TPSA) is 48.1 Å². The van der Waals surface area contributed by atoms with Crippen molar-refractivity contribution in [3.63, 3.8) is 0 Å². The van der Waals surface area contributed by atoms with Crippen LogP contribution in [0, 0.1) is 0 Å². The number of hydrogen-bond donors (Lipinski definition) is 4. The standard InChI is InChI=1S/C20H20N4/c1-4-10-16(11-5-1)20(19-21-23-24-22-19,17-12-6-2-7-13-17)18-14-8-3-9-15-18/h1-15,19,21-24H. The lowest BCUT2D eigenvalue weighted by atomic mass is 9.67. The third kappa shape index (κ3) is 2.42. The normalized spacial score (nSPS) is 15.5. The second-order valence-electron chi connectivity index (χ2n) is 5.88. The molecule has 4 heteroatoms. The fraction of sp³-hybridized carbons (Fsp3) is 0.100. The Labute approximate surface area is 141 Å². The molecule has 120 valence electrons. The molecule has 0 saturated carbocycles. The summed E-state index contributed by atoms with van der Waals surface area (Å²) in [5, 5.41) is 0. The molecular formula is C20H20N4. The first-order valence-corrected chi connectivity index (χ1v) is 8.10. The smallest absolute Gasteiger partial charge is 0.104 e. The van der Waals surface area contributed by atoms with Gasteiger partial charge in [-0.1, -0.05) is 91.0 Å². The largest absolute Gasteiger partial charge is 0.223 e. The average molecular weight is 316 g/mol. The van der Waals surface area contributed by atoms with E-state index in [2.05, 4.69) is 113 Å². The predicted molar refractivity (Wildman–Crippen MR) is 95.5 cm³/mol. The number of hydrogen-bond acceptors (Lipinski definition) is 4. The Hall–Kier alpha value is -2.50. The van der Waals surface area contributed by atoms with E-state index in [-0.39, 0.29) is 11.6 Å². The molecule has 0 aromatic heterocycles. The second-order valence-corrected chi connectivity index (χ2v) is 5.88. The highest BCUT2D eigenvalue weighted by atomic mass is 15.8. The zero-order valence-corrected chi connectivity index (χ0v) is 13.2. The molecule has 4 rings (SSSR count). The van der Waals surface area contributed by atoms with E-state index in [1.807, 2.05) is 0 Å². The van der Waals surface area contributed by atoms with Crippen LogP contribution in [0.4, 0.5) is 0 Å². The van der Waals surface area contributed by atoms with Crippen LogP contribution >= 0.6 is 0 Å². The van der Waals surface area contributed by atoms with Crippen molar-refractivity contribution in [3.8, 4) is 0 Å². The fourth-order valence-electron chi connectivity index (χ4n) is 3.57. The minimum absolute atomic E-state index is 0.0651. The third-order valence-electron chi connectivity index (χ3n) is 4.62. The number of rotatable bonds is 4. The van der Waals surface area contributed by atoms with Crippen LogP contribution in [0.25, 0.3) is 0 Å². The summed E-state index contributed by atoms with van der Waals surface area (Å²) >= 11 is 0. The Kier molecular flexibility index (Phi) is 4.11. The molecule has 1 fully saturated rings. The zero-order valence-electron chi connectivity index (χ0n) is 13.2. The molecule has 3 aromatic carbocycles. The predicted octanol–water partition coefficient (Wildman–Crippen LogP) is 2.46. The lowest BCUT2D eigenvalue weighted by molar-refractivity contribution is 0.385. The van der Waals surface area contributed by atoms with Gasteiger partial charge in [-0.3, -0.25) is 0 Å². The molecule has 1 heterocycles. The van der Waals surface area contributed by atoms with Crippen molar-refractivity contribution in [1.29, 1.82) is 0 Å². The first-order chi connectivity index (χ1) is 11.9. The van der Waals surface area contributed by atoms with E-state index in [1.54, 1.807) is 0 Å². The molecule has 0 bridgehead atoms. The van der Waals surface area contributed by atoms with Gasteiger partial charge in [-0.05, 0) is 16.7 Å². The van der Waals surface area contributed by atoms with Crippen LogP contribution in [0.3, 0.4) is 0 Å². The van der Waals surface area contributed by atoms with Crippen LogP contribution in [-0.2, 0) is 5.41 Å². The molecule has 4 N–H and O–H groups in total. The number of hydrazine groups is 3. The molecule has 0 unspecified atom stereocenters. The van der Waals surface area contributed by atoms with Crippen molar-refractivity contribution in [3.05, 3.63) is 108 Å². The van der Waals surface area contributed by atoms with E-state index in [1.165, 1.54) is 16.7 Å². The van der Waals surface area contributed by atoms with Crippen molar-refractivity contribution in [2.24, 2.45) is 0 Å². The zero-order chi connectivity index (χ0) is 16.2. The van der Waals surface area contributed by atoms with Crippen LogP contribution in [0.5, 0.6) is 0 Å². The van der Waals surface area contributed by atoms with Gasteiger partial charge < -0.3 is 0 Å². The molecule has 4 nitrogen and oxygen atoms in total. The summed E-state index contributed by atoms with van der Waals surface area (Å²) in [6, 6.07) is 31.8. The summed E-state index contributed by atoms with van der Waals surface area (Å²) < 4.78 is 0. The van der Waals surface area contributed by atoms with Crippen LogP contribution in [0.15, 0.2) is 91.0 Å². The van der Waals surface area contributed by atoms with Gasteiger partial charge in [0, 0.05) is 0 Å². The van der Waals surface area contributed by atoms with Crippen LogP contribution < -0.4 is 21.9 Å². The maximum atomic E-state index is 3.32. The third-order valence-corrected chi connectivity index (χ3v) is 4.62. The van der Waals surface area contributed by atoms with Gasteiger partial charge in [0.05, 0.1) is 5.41 Å². The molecule has 0 atom stereocenters. The van der Waals surface area contributed by atoms with Gasteiger partial charge in [0.25, 0.3) is 0 Å². The van der Waals surface area contributed by atoms with Gasteiger partial charge in [-0.15, -0.1) is 0 Å². The van der Waals surface area contributed by atoms with Crippen LogP contribution in [-0.4, -0.2) is 6.17 Å². The second kappa shape index (κ2) is 6.55. The Morgan fingerprint density at radius 2 is 0.833 bits per heavy atom. The van der Waals surface area contributed by atoms with E-state index in [0.29, 0.717) is 0 Å². The van der Waals surface area contributed by atoms with E-state index in [0.717, 1.165) is 0 Å². The minimum atomic E-state index is -0.389. The molecule has 3 aromatic rings. The molecule has 0 radical (unpaired) electrons. The van der Waals surface area contributed by atoms with Gasteiger partial charge in [0.15, 0.2) is 0 Å². The molecule has 24 heavy (non-hydrogen) atoms. The lowest BCUT2D eigenvalue weighted by Crippen LogP contribution is -2.54. The van der Waals surface area contributed by atoms with E-state index in [9.17, 15) is 0 Å². The number of benzene rings is 3.